The van der Waals surface area contributed by atoms with Crippen LogP contribution in [0.1, 0.15) is 44.1 Å². The fraction of sp³-hybridized carbons (Fsp3) is 0.588. The Morgan fingerprint density at radius 1 is 1.33 bits per heavy atom. The molecule has 1 aromatic rings. The highest BCUT2D eigenvalue weighted by Gasteiger charge is 2.24. The van der Waals surface area contributed by atoms with Gasteiger partial charge in [-0.3, -0.25) is 10.1 Å². The summed E-state index contributed by atoms with van der Waals surface area (Å²) < 4.78 is 0. The number of carbonyl (C=O) groups excluding carboxylic acids is 1. The number of non-ortho nitro benzene ring substituents is 1. The van der Waals surface area contributed by atoms with Gasteiger partial charge in [0.15, 0.2) is 0 Å². The average Bonchev–Trinajstić information content (AvgIpc) is 2.60. The van der Waals surface area contributed by atoms with Crippen molar-refractivity contribution in [2.75, 3.05) is 6.61 Å². The van der Waals surface area contributed by atoms with Crippen molar-refractivity contribution in [3.8, 4) is 0 Å². The van der Waals surface area contributed by atoms with Gasteiger partial charge in [-0.25, -0.2) is 4.79 Å². The number of rotatable bonds is 7. The maximum Gasteiger partial charge on any atom is 0.315 e. The molecule has 1 saturated carbocycles. The third-order valence-corrected chi connectivity index (χ3v) is 4.55. The zero-order valence-electron chi connectivity index (χ0n) is 13.7. The van der Waals surface area contributed by atoms with Gasteiger partial charge in [0, 0.05) is 31.3 Å². The third-order valence-electron chi connectivity index (χ3n) is 4.55. The first-order chi connectivity index (χ1) is 11.6. The molecule has 0 radical (unpaired) electrons. The van der Waals surface area contributed by atoms with E-state index in [1.54, 1.807) is 12.1 Å². The highest BCUT2D eigenvalue weighted by atomic mass is 16.6. The first kappa shape index (κ1) is 18.2. The molecule has 1 atom stereocenters. The van der Waals surface area contributed by atoms with Crippen LogP contribution < -0.4 is 10.6 Å². The molecule has 0 spiro atoms. The lowest BCUT2D eigenvalue weighted by molar-refractivity contribution is -0.384. The van der Waals surface area contributed by atoms with Crippen LogP contribution in [0.4, 0.5) is 10.5 Å². The second kappa shape index (κ2) is 9.22. The smallest absolute Gasteiger partial charge is 0.315 e. The van der Waals surface area contributed by atoms with Crippen molar-refractivity contribution >= 4 is 11.7 Å². The maximum atomic E-state index is 12.1. The van der Waals surface area contributed by atoms with Crippen molar-refractivity contribution in [1.29, 1.82) is 0 Å². The largest absolute Gasteiger partial charge is 0.396 e. The van der Waals surface area contributed by atoms with Gasteiger partial charge in [0.2, 0.25) is 0 Å². The Labute approximate surface area is 141 Å². The van der Waals surface area contributed by atoms with Crippen molar-refractivity contribution in [3.05, 3.63) is 39.9 Å². The SMILES string of the molecule is O=C(NCc1cccc([N+](=O)[O-])c1)NC(CCO)C1CCCCC1. The van der Waals surface area contributed by atoms with E-state index in [9.17, 15) is 20.0 Å². The van der Waals surface area contributed by atoms with Crippen LogP contribution >= 0.6 is 0 Å². The van der Waals surface area contributed by atoms with Crippen LogP contribution in [0.15, 0.2) is 24.3 Å². The lowest BCUT2D eigenvalue weighted by Crippen LogP contribution is -2.46. The van der Waals surface area contributed by atoms with Crippen LogP contribution in [-0.4, -0.2) is 28.7 Å². The molecule has 0 aliphatic heterocycles. The number of hydrogen-bond donors (Lipinski definition) is 3. The van der Waals surface area contributed by atoms with E-state index in [4.69, 9.17) is 0 Å². The summed E-state index contributed by atoms with van der Waals surface area (Å²) in [6.07, 6.45) is 6.29. The topological polar surface area (TPSA) is 104 Å². The molecule has 0 heterocycles. The van der Waals surface area contributed by atoms with Gasteiger partial charge >= 0.3 is 6.03 Å². The highest BCUT2D eigenvalue weighted by molar-refractivity contribution is 5.74. The highest BCUT2D eigenvalue weighted by Crippen LogP contribution is 2.27. The van der Waals surface area contributed by atoms with Crippen molar-refractivity contribution in [3.63, 3.8) is 0 Å². The summed E-state index contributed by atoms with van der Waals surface area (Å²) in [4.78, 5) is 22.4. The first-order valence-electron chi connectivity index (χ1n) is 8.48. The van der Waals surface area contributed by atoms with E-state index in [0.29, 0.717) is 17.9 Å². The van der Waals surface area contributed by atoms with Crippen molar-refractivity contribution < 1.29 is 14.8 Å². The van der Waals surface area contributed by atoms with Crippen molar-refractivity contribution in [1.82, 2.24) is 10.6 Å². The van der Waals surface area contributed by atoms with Gasteiger partial charge in [-0.05, 0) is 30.7 Å². The van der Waals surface area contributed by atoms with Crippen LogP contribution in [0.2, 0.25) is 0 Å². The van der Waals surface area contributed by atoms with E-state index in [1.807, 2.05) is 0 Å². The second-order valence-electron chi connectivity index (χ2n) is 6.27. The van der Waals surface area contributed by atoms with Gasteiger partial charge < -0.3 is 15.7 Å². The summed E-state index contributed by atoms with van der Waals surface area (Å²) in [6, 6.07) is 5.88. The molecule has 2 rings (SSSR count). The summed E-state index contributed by atoms with van der Waals surface area (Å²) >= 11 is 0. The van der Waals surface area contributed by atoms with Gasteiger partial charge in [0.05, 0.1) is 4.92 Å². The van der Waals surface area contributed by atoms with Gasteiger partial charge in [0.25, 0.3) is 5.69 Å². The van der Waals surface area contributed by atoms with Gasteiger partial charge in [-0.15, -0.1) is 0 Å². The van der Waals surface area contributed by atoms with Crippen LogP contribution in [0.5, 0.6) is 0 Å². The molecule has 7 nitrogen and oxygen atoms in total. The van der Waals surface area contributed by atoms with Crippen LogP contribution in [0.25, 0.3) is 0 Å². The van der Waals surface area contributed by atoms with Crippen LogP contribution in [0, 0.1) is 16.0 Å². The number of nitro groups is 1. The van der Waals surface area contributed by atoms with Gasteiger partial charge in [0.1, 0.15) is 0 Å². The Morgan fingerprint density at radius 3 is 2.75 bits per heavy atom. The van der Waals surface area contributed by atoms with E-state index in [0.717, 1.165) is 12.8 Å². The molecule has 24 heavy (non-hydrogen) atoms. The Hall–Kier alpha value is -2.15. The van der Waals surface area contributed by atoms with E-state index in [1.165, 1.54) is 31.4 Å². The average molecular weight is 335 g/mol. The fourth-order valence-corrected chi connectivity index (χ4v) is 3.28. The Kier molecular flexibility index (Phi) is 6.99. The second-order valence-corrected chi connectivity index (χ2v) is 6.27. The number of carbonyl (C=O) groups is 1. The van der Waals surface area contributed by atoms with Crippen molar-refractivity contribution in [2.24, 2.45) is 5.92 Å². The molecule has 2 amide bonds. The Morgan fingerprint density at radius 2 is 2.08 bits per heavy atom. The first-order valence-corrected chi connectivity index (χ1v) is 8.48. The summed E-state index contributed by atoms with van der Waals surface area (Å²) in [6.45, 7) is 0.274. The van der Waals surface area contributed by atoms with Crippen molar-refractivity contribution in [2.45, 2.75) is 51.1 Å². The molecule has 1 fully saturated rings. The van der Waals surface area contributed by atoms with Crippen LogP contribution in [-0.2, 0) is 6.54 Å². The quantitative estimate of drug-likeness (QED) is 0.526. The molecule has 132 valence electrons. The lowest BCUT2D eigenvalue weighted by atomic mass is 9.83. The van der Waals surface area contributed by atoms with E-state index in [2.05, 4.69) is 10.6 Å². The van der Waals surface area contributed by atoms with E-state index in [-0.39, 0.29) is 30.9 Å². The minimum Gasteiger partial charge on any atom is -0.396 e. The molecule has 0 bridgehead atoms. The number of benzene rings is 1. The fourth-order valence-electron chi connectivity index (χ4n) is 3.28. The summed E-state index contributed by atoms with van der Waals surface area (Å²) in [5.41, 5.74) is 0.686. The van der Waals surface area contributed by atoms with Gasteiger partial charge in [-0.2, -0.15) is 0 Å². The number of nitrogens with one attached hydrogen (secondary N) is 2. The molecular formula is C17H25N3O4. The number of nitro benzene ring substituents is 1. The molecule has 0 saturated heterocycles. The number of aliphatic hydroxyl groups excluding tert-OH is 1. The molecule has 7 heteroatoms. The van der Waals surface area contributed by atoms with Crippen LogP contribution in [0.3, 0.4) is 0 Å². The number of amides is 2. The lowest BCUT2D eigenvalue weighted by Gasteiger charge is -2.30. The summed E-state index contributed by atoms with van der Waals surface area (Å²) in [5, 5.41) is 25.7. The normalized spacial score (nSPS) is 16.4. The Balaban J connectivity index is 1.86. The zero-order valence-corrected chi connectivity index (χ0v) is 13.7. The van der Waals surface area contributed by atoms with Gasteiger partial charge in [-0.1, -0.05) is 31.4 Å². The minimum atomic E-state index is -0.454. The molecule has 0 aromatic heterocycles. The van der Waals surface area contributed by atoms with E-state index >= 15 is 0 Å². The summed E-state index contributed by atoms with van der Waals surface area (Å²) in [7, 11) is 0. The maximum absolute atomic E-state index is 12.1. The number of urea groups is 1. The molecular weight excluding hydrogens is 310 g/mol. The molecule has 1 aromatic carbocycles. The predicted octanol–water partition coefficient (Wildman–Crippen LogP) is 2.73. The van der Waals surface area contributed by atoms with E-state index < -0.39 is 4.92 Å². The number of nitrogens with zero attached hydrogens (tertiary/aromatic N) is 1. The zero-order chi connectivity index (χ0) is 17.4. The molecule has 1 aliphatic rings. The Bertz CT molecular complexity index is 559. The molecule has 3 N–H and O–H groups in total. The number of aliphatic hydroxyl groups is 1. The predicted molar refractivity (Wildman–Crippen MR) is 90.5 cm³/mol. The standard InChI is InChI=1S/C17H25N3O4/c21-10-9-16(14-6-2-1-3-7-14)19-17(22)18-12-13-5-4-8-15(11-13)20(23)24/h4-5,8,11,14,16,21H,1-3,6-7,9-10,12H2,(H2,18,19,22). The summed E-state index contributed by atoms with van der Waals surface area (Å²) in [5.74, 6) is 0.412. The molecule has 1 unspecified atom stereocenters. The third kappa shape index (κ3) is 5.49. The minimum absolute atomic E-state index is 0.00932. The molecule has 1 aliphatic carbocycles. The monoisotopic (exact) mass is 335 g/mol. The number of hydrogen-bond acceptors (Lipinski definition) is 4.